The van der Waals surface area contributed by atoms with E-state index in [1.807, 2.05) is 6.07 Å². The first kappa shape index (κ1) is 28.2. The van der Waals surface area contributed by atoms with Crippen molar-refractivity contribution in [1.29, 1.82) is 0 Å². The van der Waals surface area contributed by atoms with Gasteiger partial charge in [0.15, 0.2) is 11.6 Å². The third-order valence-corrected chi connectivity index (χ3v) is 7.33. The molecule has 0 saturated carbocycles. The number of halogens is 1. The molecule has 2 aromatic carbocycles. The van der Waals surface area contributed by atoms with E-state index in [0.29, 0.717) is 24.4 Å². The predicted molar refractivity (Wildman–Crippen MR) is 143 cm³/mol. The summed E-state index contributed by atoms with van der Waals surface area (Å²) in [5, 5.41) is 3.27. The van der Waals surface area contributed by atoms with Crippen molar-refractivity contribution in [3.8, 4) is 0 Å². The minimum absolute atomic E-state index is 0. The molecule has 0 amide bonds. The molecular formula is C29H41ClN2O2. The number of nitrogens with one attached hydrogen (secondary N) is 1. The van der Waals surface area contributed by atoms with Gasteiger partial charge in [-0.2, -0.15) is 0 Å². The van der Waals surface area contributed by atoms with Gasteiger partial charge in [0.25, 0.3) is 0 Å². The first-order valence-electron chi connectivity index (χ1n) is 12.4. The normalized spacial score (nSPS) is 19.8. The van der Waals surface area contributed by atoms with Gasteiger partial charge in [-0.3, -0.25) is 14.5 Å². The number of hydrogen-bond donors (Lipinski definition) is 1. The van der Waals surface area contributed by atoms with Crippen molar-refractivity contribution >= 4 is 24.0 Å². The highest BCUT2D eigenvalue weighted by molar-refractivity contribution is 5.87. The lowest BCUT2D eigenvalue weighted by atomic mass is 9.95. The Kier molecular flexibility index (Phi) is 10.9. The summed E-state index contributed by atoms with van der Waals surface area (Å²) < 4.78 is 0. The van der Waals surface area contributed by atoms with Gasteiger partial charge in [-0.25, -0.2) is 0 Å². The summed E-state index contributed by atoms with van der Waals surface area (Å²) in [4.78, 5) is 26.5. The summed E-state index contributed by atoms with van der Waals surface area (Å²) in [6.45, 7) is 10.4. The highest BCUT2D eigenvalue weighted by atomic mass is 35.5. The summed E-state index contributed by atoms with van der Waals surface area (Å²) in [5.74, 6) is 0.720. The van der Waals surface area contributed by atoms with Gasteiger partial charge in [0.1, 0.15) is 0 Å². The molecule has 2 fully saturated rings. The molecule has 0 aliphatic carbocycles. The van der Waals surface area contributed by atoms with Gasteiger partial charge in [0, 0.05) is 12.8 Å². The van der Waals surface area contributed by atoms with E-state index in [0.717, 1.165) is 38.8 Å². The highest BCUT2D eigenvalue weighted by Gasteiger charge is 2.28. The minimum Gasteiger partial charge on any atom is -0.307 e. The van der Waals surface area contributed by atoms with E-state index in [-0.39, 0.29) is 24.5 Å². The number of aryl methyl sites for hydroxylation is 4. The molecule has 0 spiro atoms. The van der Waals surface area contributed by atoms with Crippen molar-refractivity contribution in [3.63, 3.8) is 0 Å². The fourth-order valence-corrected chi connectivity index (χ4v) is 5.12. The van der Waals surface area contributed by atoms with Crippen molar-refractivity contribution in [1.82, 2.24) is 10.2 Å². The Labute approximate surface area is 211 Å². The second-order valence-corrected chi connectivity index (χ2v) is 9.81. The van der Waals surface area contributed by atoms with Crippen LogP contribution in [0.15, 0.2) is 36.4 Å². The molecule has 0 bridgehead atoms. The molecule has 2 atom stereocenters. The Balaban J connectivity index is 0.000000234. The third kappa shape index (κ3) is 7.24. The number of rotatable bonds is 6. The summed E-state index contributed by atoms with van der Waals surface area (Å²) in [6.07, 6.45) is 5.48. The van der Waals surface area contributed by atoms with Crippen LogP contribution >= 0.6 is 12.4 Å². The molecule has 2 aliphatic rings. The van der Waals surface area contributed by atoms with Crippen molar-refractivity contribution < 1.29 is 9.59 Å². The van der Waals surface area contributed by atoms with Crippen LogP contribution in [0.3, 0.4) is 0 Å². The van der Waals surface area contributed by atoms with Crippen LogP contribution < -0.4 is 5.32 Å². The maximum absolute atomic E-state index is 12.3. The average molecular weight is 485 g/mol. The summed E-state index contributed by atoms with van der Waals surface area (Å²) in [5.41, 5.74) is 7.36. The van der Waals surface area contributed by atoms with Gasteiger partial charge >= 0.3 is 0 Å². The predicted octanol–water partition coefficient (Wildman–Crippen LogP) is 5.10. The monoisotopic (exact) mass is 484 g/mol. The summed E-state index contributed by atoms with van der Waals surface area (Å²) in [7, 11) is 2.06. The van der Waals surface area contributed by atoms with Gasteiger partial charge in [0.05, 0.1) is 12.1 Å². The number of carbonyl (C=O) groups is 2. The lowest BCUT2D eigenvalue weighted by Crippen LogP contribution is -2.34. The molecule has 4 rings (SSSR count). The van der Waals surface area contributed by atoms with E-state index in [2.05, 4.69) is 75.3 Å². The number of Topliss-reactive ketones (excluding diaryl/α,β-unsaturated/α-hetero) is 2. The molecule has 2 aromatic rings. The summed E-state index contributed by atoms with van der Waals surface area (Å²) in [6, 6.07) is 12.7. The number of hydrogen-bond acceptors (Lipinski definition) is 4. The molecule has 0 aromatic heterocycles. The third-order valence-electron chi connectivity index (χ3n) is 7.33. The minimum atomic E-state index is 0. The largest absolute Gasteiger partial charge is 0.307 e. The molecule has 1 N–H and O–H groups in total. The van der Waals surface area contributed by atoms with Crippen LogP contribution in [0.1, 0.15) is 59.1 Å². The van der Waals surface area contributed by atoms with Crippen LogP contribution in [0, 0.1) is 27.7 Å². The van der Waals surface area contributed by atoms with Gasteiger partial charge in [0.2, 0.25) is 0 Å². The first-order valence-corrected chi connectivity index (χ1v) is 12.4. The number of nitrogens with zero attached hydrogens (tertiary/aromatic N) is 1. The molecule has 34 heavy (non-hydrogen) atoms. The molecule has 5 heteroatoms. The lowest BCUT2D eigenvalue weighted by Gasteiger charge is -2.19. The van der Waals surface area contributed by atoms with Gasteiger partial charge in [-0.05, 0) is 107 Å². The highest BCUT2D eigenvalue weighted by Crippen LogP contribution is 2.20. The molecule has 2 heterocycles. The molecular weight excluding hydrogens is 444 g/mol. The van der Waals surface area contributed by atoms with Crippen LogP contribution in [0.2, 0.25) is 0 Å². The Morgan fingerprint density at radius 1 is 0.824 bits per heavy atom. The Hall–Kier alpha value is -2.01. The molecule has 2 aliphatic heterocycles. The molecule has 0 radical (unpaired) electrons. The number of likely N-dealkylation sites (tertiary alicyclic amines) is 1. The lowest BCUT2D eigenvalue weighted by molar-refractivity contribution is -0.122. The zero-order valence-corrected chi connectivity index (χ0v) is 22.3. The number of benzene rings is 2. The van der Waals surface area contributed by atoms with Crippen LogP contribution in [0.4, 0.5) is 0 Å². The van der Waals surface area contributed by atoms with E-state index >= 15 is 0 Å². The maximum atomic E-state index is 12.3. The fraction of sp³-hybridized carbons (Fsp3) is 0.517. The van der Waals surface area contributed by atoms with E-state index < -0.39 is 0 Å². The van der Waals surface area contributed by atoms with E-state index in [9.17, 15) is 9.59 Å². The molecule has 186 valence electrons. The first-order chi connectivity index (χ1) is 15.8. The topological polar surface area (TPSA) is 49.4 Å². The van der Waals surface area contributed by atoms with E-state index in [1.54, 1.807) is 0 Å². The maximum Gasteiger partial charge on any atom is 0.154 e. The van der Waals surface area contributed by atoms with Crippen LogP contribution in [-0.2, 0) is 22.4 Å². The second-order valence-electron chi connectivity index (χ2n) is 9.81. The van der Waals surface area contributed by atoms with E-state index in [1.165, 1.54) is 33.4 Å². The average Bonchev–Trinajstić information content (AvgIpc) is 3.46. The standard InChI is InChI=1S/C15H21NO.C14H19NO.ClH/c1-11-6-4-7-12(2)13(11)10-15(17)14-8-5-9-16(14)3;1-10-5-3-6-11(2)12(10)9-14(16)13-7-4-8-15-13;/h4,6-7,14H,5,8-10H2,1-3H3;3,5-6,13,15H,4,7-9H2,1-2H3;1H. The number of ketones is 2. The van der Waals surface area contributed by atoms with Crippen LogP contribution in [0.5, 0.6) is 0 Å². The second kappa shape index (κ2) is 13.2. The zero-order chi connectivity index (χ0) is 24.0. The fourth-order valence-electron chi connectivity index (χ4n) is 5.12. The quantitative estimate of drug-likeness (QED) is 0.619. The zero-order valence-electron chi connectivity index (χ0n) is 21.4. The Morgan fingerprint density at radius 2 is 1.32 bits per heavy atom. The van der Waals surface area contributed by atoms with Crippen molar-refractivity contribution in [2.24, 2.45) is 0 Å². The summed E-state index contributed by atoms with van der Waals surface area (Å²) >= 11 is 0. The smallest absolute Gasteiger partial charge is 0.154 e. The van der Waals surface area contributed by atoms with Crippen molar-refractivity contribution in [2.45, 2.75) is 78.3 Å². The number of carbonyl (C=O) groups excluding carboxylic acids is 2. The van der Waals surface area contributed by atoms with Gasteiger partial charge < -0.3 is 5.32 Å². The molecule has 4 nitrogen and oxygen atoms in total. The van der Waals surface area contributed by atoms with Gasteiger partial charge in [-0.15, -0.1) is 12.4 Å². The number of likely N-dealkylation sites (N-methyl/N-ethyl adjacent to an activating group) is 1. The SMILES string of the molecule is Cc1cccc(C)c1CC(=O)C1CCCN1.Cc1cccc(C)c1CC(=O)C1CCCN1C.Cl. The van der Waals surface area contributed by atoms with Crippen LogP contribution in [0.25, 0.3) is 0 Å². The Morgan fingerprint density at radius 3 is 1.74 bits per heavy atom. The van der Waals surface area contributed by atoms with Gasteiger partial charge in [-0.1, -0.05) is 36.4 Å². The van der Waals surface area contributed by atoms with Crippen molar-refractivity contribution in [2.75, 3.05) is 20.1 Å². The molecule has 2 saturated heterocycles. The molecule has 2 unspecified atom stereocenters. The Bertz CT molecular complexity index is 942. The van der Waals surface area contributed by atoms with Crippen LogP contribution in [-0.4, -0.2) is 48.7 Å². The van der Waals surface area contributed by atoms with Crippen molar-refractivity contribution in [3.05, 3.63) is 69.8 Å². The van der Waals surface area contributed by atoms with E-state index in [4.69, 9.17) is 0 Å².